The molecule has 0 aliphatic heterocycles. The third-order valence-corrected chi connectivity index (χ3v) is 4.18. The van der Waals surface area contributed by atoms with Crippen molar-refractivity contribution in [2.45, 2.75) is 0 Å². The predicted octanol–water partition coefficient (Wildman–Crippen LogP) is 1.50. The summed E-state index contributed by atoms with van der Waals surface area (Å²) in [7, 11) is 0. The molecule has 1 aromatic rings. The first-order valence-electron chi connectivity index (χ1n) is 3.11. The van der Waals surface area contributed by atoms with E-state index >= 15 is 0 Å². The highest BCUT2D eigenvalue weighted by molar-refractivity contribution is 14.1. The third-order valence-electron chi connectivity index (χ3n) is 1.31. The maximum absolute atomic E-state index is 11.0. The van der Waals surface area contributed by atoms with Gasteiger partial charge in [0.2, 0.25) is 0 Å². The molecule has 3 nitrogen and oxygen atoms in total. The molecule has 0 aromatic heterocycles. The molecule has 12 heavy (non-hydrogen) atoms. The number of hydrogen-bond acceptors (Lipinski definition) is 2. The summed E-state index contributed by atoms with van der Waals surface area (Å²) < 4.78 is 2.18. The standard InChI is InChI=1S/C7H6I2N2O/c8-5-2-1-4(3-6(5)9)7(12)11-10/h1-3H,10H2,(H,11,12). The average Bonchev–Trinajstić information content (AvgIpc) is 2.08. The minimum Gasteiger partial charge on any atom is -0.290 e. The Balaban J connectivity index is 3.05. The quantitative estimate of drug-likeness (QED) is 0.332. The fourth-order valence-electron chi connectivity index (χ4n) is 0.721. The van der Waals surface area contributed by atoms with Crippen LogP contribution in [-0.2, 0) is 0 Å². The van der Waals surface area contributed by atoms with Crippen LogP contribution >= 0.6 is 45.2 Å². The van der Waals surface area contributed by atoms with E-state index in [2.05, 4.69) is 50.6 Å². The summed E-state index contributed by atoms with van der Waals surface area (Å²) >= 11 is 4.38. The highest BCUT2D eigenvalue weighted by Gasteiger charge is 2.04. The number of hydrogen-bond donors (Lipinski definition) is 2. The summed E-state index contributed by atoms with van der Waals surface area (Å²) in [5.41, 5.74) is 2.67. The summed E-state index contributed by atoms with van der Waals surface area (Å²) in [4.78, 5) is 11.0. The van der Waals surface area contributed by atoms with Crippen LogP contribution in [0, 0.1) is 7.14 Å². The Bertz CT molecular complexity index is 314. The summed E-state index contributed by atoms with van der Waals surface area (Å²) in [5.74, 6) is 4.73. The number of nitrogens with one attached hydrogen (secondary N) is 1. The molecular weight excluding hydrogens is 382 g/mol. The van der Waals surface area contributed by atoms with Gasteiger partial charge in [-0.2, -0.15) is 0 Å². The fourth-order valence-corrected chi connectivity index (χ4v) is 1.57. The monoisotopic (exact) mass is 388 g/mol. The number of carbonyl (C=O) groups is 1. The zero-order valence-corrected chi connectivity index (χ0v) is 10.3. The van der Waals surface area contributed by atoms with E-state index in [1.165, 1.54) is 0 Å². The third kappa shape index (κ3) is 2.30. The maximum Gasteiger partial charge on any atom is 0.265 e. The molecule has 1 rings (SSSR count). The van der Waals surface area contributed by atoms with Crippen molar-refractivity contribution in [1.82, 2.24) is 5.43 Å². The molecule has 0 aliphatic rings. The Morgan fingerprint density at radius 1 is 1.33 bits per heavy atom. The van der Waals surface area contributed by atoms with E-state index in [1.807, 2.05) is 6.07 Å². The number of nitrogens with two attached hydrogens (primary N) is 1. The van der Waals surface area contributed by atoms with Crippen molar-refractivity contribution in [3.8, 4) is 0 Å². The summed E-state index contributed by atoms with van der Waals surface area (Å²) in [6.07, 6.45) is 0. The van der Waals surface area contributed by atoms with E-state index in [9.17, 15) is 4.79 Å². The molecule has 1 aromatic carbocycles. The summed E-state index contributed by atoms with van der Waals surface area (Å²) in [5, 5.41) is 0. The van der Waals surface area contributed by atoms with Crippen LogP contribution in [0.15, 0.2) is 18.2 Å². The Hall–Kier alpha value is 0.110. The first kappa shape index (κ1) is 10.2. The number of benzene rings is 1. The molecule has 64 valence electrons. The molecule has 1 amide bonds. The zero-order valence-electron chi connectivity index (χ0n) is 5.97. The minimum atomic E-state index is -0.260. The van der Waals surface area contributed by atoms with Crippen molar-refractivity contribution < 1.29 is 4.79 Å². The van der Waals surface area contributed by atoms with Gasteiger partial charge in [0.1, 0.15) is 0 Å². The SMILES string of the molecule is NNC(=O)c1ccc(I)c(I)c1. The Morgan fingerprint density at radius 2 is 2.00 bits per heavy atom. The molecule has 0 radical (unpaired) electrons. The van der Waals surface area contributed by atoms with Gasteiger partial charge in [0.05, 0.1) is 0 Å². The van der Waals surface area contributed by atoms with Crippen molar-refractivity contribution in [2.75, 3.05) is 0 Å². The van der Waals surface area contributed by atoms with Crippen LogP contribution in [0.4, 0.5) is 0 Å². The molecule has 0 saturated heterocycles. The number of halogens is 2. The van der Waals surface area contributed by atoms with Crippen molar-refractivity contribution in [2.24, 2.45) is 5.84 Å². The Morgan fingerprint density at radius 3 is 2.50 bits per heavy atom. The van der Waals surface area contributed by atoms with Crippen LogP contribution in [0.1, 0.15) is 10.4 Å². The van der Waals surface area contributed by atoms with E-state index in [-0.39, 0.29) is 5.91 Å². The average molecular weight is 388 g/mol. The molecular formula is C7H6I2N2O. The Kier molecular flexibility index (Phi) is 3.72. The zero-order chi connectivity index (χ0) is 9.14. The van der Waals surface area contributed by atoms with Gasteiger partial charge in [0.15, 0.2) is 0 Å². The minimum absolute atomic E-state index is 0.260. The van der Waals surface area contributed by atoms with Gasteiger partial charge in [-0.05, 0) is 63.4 Å². The summed E-state index contributed by atoms with van der Waals surface area (Å²) in [6.45, 7) is 0. The highest BCUT2D eigenvalue weighted by atomic mass is 127. The van der Waals surface area contributed by atoms with Crippen LogP contribution in [0.2, 0.25) is 0 Å². The van der Waals surface area contributed by atoms with Gasteiger partial charge in [0.25, 0.3) is 5.91 Å². The Labute approximate surface area is 97.3 Å². The van der Waals surface area contributed by atoms with Gasteiger partial charge in [0, 0.05) is 12.7 Å². The van der Waals surface area contributed by atoms with E-state index in [1.54, 1.807) is 12.1 Å². The smallest absolute Gasteiger partial charge is 0.265 e. The van der Waals surface area contributed by atoms with E-state index < -0.39 is 0 Å². The molecule has 0 unspecified atom stereocenters. The number of carbonyl (C=O) groups excluding carboxylic acids is 1. The number of nitrogen functional groups attached to an aromatic ring is 1. The van der Waals surface area contributed by atoms with Gasteiger partial charge < -0.3 is 0 Å². The predicted molar refractivity (Wildman–Crippen MR) is 63.5 cm³/mol. The molecule has 0 bridgehead atoms. The lowest BCUT2D eigenvalue weighted by atomic mass is 10.2. The molecule has 0 atom stereocenters. The van der Waals surface area contributed by atoms with Crippen LogP contribution in [0.3, 0.4) is 0 Å². The summed E-state index contributed by atoms with van der Waals surface area (Å²) in [6, 6.07) is 5.42. The van der Waals surface area contributed by atoms with Crippen molar-refractivity contribution in [3.63, 3.8) is 0 Å². The molecule has 3 N–H and O–H groups in total. The van der Waals surface area contributed by atoms with Crippen molar-refractivity contribution in [3.05, 3.63) is 30.9 Å². The van der Waals surface area contributed by atoms with E-state index in [4.69, 9.17) is 5.84 Å². The second kappa shape index (κ2) is 4.38. The fraction of sp³-hybridized carbons (Fsp3) is 0. The van der Waals surface area contributed by atoms with Crippen LogP contribution in [0.5, 0.6) is 0 Å². The molecule has 0 heterocycles. The largest absolute Gasteiger partial charge is 0.290 e. The molecule has 0 saturated carbocycles. The second-order valence-corrected chi connectivity index (χ2v) is 4.43. The van der Waals surface area contributed by atoms with Crippen molar-refractivity contribution >= 4 is 51.1 Å². The second-order valence-electron chi connectivity index (χ2n) is 2.10. The van der Waals surface area contributed by atoms with Crippen LogP contribution in [-0.4, -0.2) is 5.91 Å². The van der Waals surface area contributed by atoms with Gasteiger partial charge in [-0.15, -0.1) is 0 Å². The number of amides is 1. The topological polar surface area (TPSA) is 55.1 Å². The normalized spacial score (nSPS) is 9.58. The molecule has 5 heteroatoms. The lowest BCUT2D eigenvalue weighted by Gasteiger charge is -2.00. The van der Waals surface area contributed by atoms with Crippen LogP contribution < -0.4 is 11.3 Å². The van der Waals surface area contributed by atoms with Crippen LogP contribution in [0.25, 0.3) is 0 Å². The lowest BCUT2D eigenvalue weighted by Crippen LogP contribution is -2.30. The first-order valence-corrected chi connectivity index (χ1v) is 5.27. The van der Waals surface area contributed by atoms with E-state index in [0.717, 1.165) is 7.14 Å². The number of hydrazine groups is 1. The van der Waals surface area contributed by atoms with Gasteiger partial charge in [-0.25, -0.2) is 5.84 Å². The highest BCUT2D eigenvalue weighted by Crippen LogP contribution is 2.16. The lowest BCUT2D eigenvalue weighted by molar-refractivity contribution is 0.0953. The van der Waals surface area contributed by atoms with Crippen molar-refractivity contribution in [1.29, 1.82) is 0 Å². The maximum atomic E-state index is 11.0. The molecule has 0 aliphatic carbocycles. The molecule has 0 fully saturated rings. The molecule has 0 spiro atoms. The van der Waals surface area contributed by atoms with Gasteiger partial charge in [-0.3, -0.25) is 10.2 Å². The van der Waals surface area contributed by atoms with E-state index in [0.29, 0.717) is 5.56 Å². The number of rotatable bonds is 1. The first-order chi connectivity index (χ1) is 5.65. The van der Waals surface area contributed by atoms with Gasteiger partial charge >= 0.3 is 0 Å². The van der Waals surface area contributed by atoms with Gasteiger partial charge in [-0.1, -0.05) is 0 Å².